The highest BCUT2D eigenvalue weighted by molar-refractivity contribution is 5.92. The maximum atomic E-state index is 12.2. The van der Waals surface area contributed by atoms with E-state index < -0.39 is 0 Å². The summed E-state index contributed by atoms with van der Waals surface area (Å²) in [5.41, 5.74) is 2.63. The third-order valence-electron chi connectivity index (χ3n) is 4.68. The second kappa shape index (κ2) is 7.43. The van der Waals surface area contributed by atoms with Crippen LogP contribution in [-0.2, 0) is 6.54 Å². The maximum Gasteiger partial charge on any atom is 0.271 e. The van der Waals surface area contributed by atoms with Crippen molar-refractivity contribution in [1.29, 1.82) is 0 Å². The summed E-state index contributed by atoms with van der Waals surface area (Å²) >= 11 is 0. The van der Waals surface area contributed by atoms with Crippen molar-refractivity contribution in [3.05, 3.63) is 53.5 Å². The molecule has 1 aromatic heterocycles. The van der Waals surface area contributed by atoms with E-state index in [2.05, 4.69) is 27.1 Å². The Balaban J connectivity index is 1.59. The van der Waals surface area contributed by atoms with Crippen molar-refractivity contribution in [3.63, 3.8) is 0 Å². The van der Waals surface area contributed by atoms with E-state index in [1.165, 1.54) is 18.4 Å². The molecule has 0 atom stereocenters. The van der Waals surface area contributed by atoms with Gasteiger partial charge in [-0.3, -0.25) is 4.79 Å². The largest absolute Gasteiger partial charge is 0.355 e. The minimum atomic E-state index is -0.190. The lowest BCUT2D eigenvalue weighted by Gasteiger charge is -2.30. The Labute approximate surface area is 143 Å². The number of benzene rings is 1. The average molecular weight is 324 g/mol. The van der Waals surface area contributed by atoms with Gasteiger partial charge in [0.05, 0.1) is 12.4 Å². The molecule has 3 rings (SSSR count). The van der Waals surface area contributed by atoms with Gasteiger partial charge in [0, 0.05) is 19.6 Å². The average Bonchev–Trinajstić information content (AvgIpc) is 2.62. The summed E-state index contributed by atoms with van der Waals surface area (Å²) in [4.78, 5) is 23.2. The van der Waals surface area contributed by atoms with Crippen LogP contribution in [0.25, 0.3) is 0 Å². The molecule has 0 radical (unpaired) electrons. The van der Waals surface area contributed by atoms with Gasteiger partial charge in [-0.05, 0) is 36.8 Å². The number of hydrogen-bond acceptors (Lipinski definition) is 4. The van der Waals surface area contributed by atoms with E-state index in [0.717, 1.165) is 30.4 Å². The Morgan fingerprint density at radius 3 is 2.62 bits per heavy atom. The molecule has 5 heteroatoms. The van der Waals surface area contributed by atoms with E-state index in [1.807, 2.05) is 31.2 Å². The first-order valence-electron chi connectivity index (χ1n) is 8.53. The second-order valence-electron chi connectivity index (χ2n) is 6.54. The molecule has 0 unspecified atom stereocenters. The first-order valence-corrected chi connectivity index (χ1v) is 8.53. The third kappa shape index (κ3) is 3.91. The van der Waals surface area contributed by atoms with E-state index in [9.17, 15) is 4.79 Å². The molecule has 1 aliphatic heterocycles. The van der Waals surface area contributed by atoms with E-state index >= 15 is 0 Å². The van der Waals surface area contributed by atoms with Crippen molar-refractivity contribution >= 4 is 11.7 Å². The number of aryl methyl sites for hydroxylation is 1. The lowest BCUT2D eigenvalue weighted by atomic mass is 9.99. The molecule has 1 fully saturated rings. The number of amides is 1. The van der Waals surface area contributed by atoms with Crippen LogP contribution in [0.1, 0.15) is 41.4 Å². The van der Waals surface area contributed by atoms with Crippen LogP contribution in [0, 0.1) is 12.8 Å². The smallest absolute Gasteiger partial charge is 0.271 e. The molecule has 1 amide bonds. The summed E-state index contributed by atoms with van der Waals surface area (Å²) < 4.78 is 0. The zero-order chi connectivity index (χ0) is 16.9. The molecule has 126 valence electrons. The van der Waals surface area contributed by atoms with Crippen molar-refractivity contribution in [2.45, 2.75) is 33.2 Å². The van der Waals surface area contributed by atoms with Crippen molar-refractivity contribution in [1.82, 2.24) is 15.3 Å². The molecular formula is C19H24N4O. The van der Waals surface area contributed by atoms with E-state index in [1.54, 1.807) is 12.4 Å². The standard InChI is InChI=1S/C19H24N4O/c1-14-7-9-23(10-8-14)18-13-20-17(12-21-18)19(24)22-11-16-6-4-3-5-15(16)2/h3-6,12-14H,7-11H2,1-2H3,(H,22,24). The number of carbonyl (C=O) groups excluding carboxylic acids is 1. The van der Waals surface area contributed by atoms with Crippen LogP contribution in [0.5, 0.6) is 0 Å². The topological polar surface area (TPSA) is 58.1 Å². The SMILES string of the molecule is Cc1ccccc1CNC(=O)c1cnc(N2CCC(C)CC2)cn1. The normalized spacial score (nSPS) is 15.3. The van der Waals surface area contributed by atoms with Gasteiger partial charge in [-0.15, -0.1) is 0 Å². The van der Waals surface area contributed by atoms with Crippen molar-refractivity contribution in [2.24, 2.45) is 5.92 Å². The molecule has 1 aromatic carbocycles. The summed E-state index contributed by atoms with van der Waals surface area (Å²) in [6.07, 6.45) is 5.64. The van der Waals surface area contributed by atoms with E-state index in [0.29, 0.717) is 12.2 Å². The fraction of sp³-hybridized carbons (Fsp3) is 0.421. The monoisotopic (exact) mass is 324 g/mol. The molecule has 0 saturated carbocycles. The first kappa shape index (κ1) is 16.4. The molecule has 1 N–H and O–H groups in total. The van der Waals surface area contributed by atoms with Crippen molar-refractivity contribution < 1.29 is 4.79 Å². The predicted octanol–water partition coefficient (Wildman–Crippen LogP) is 2.95. The predicted molar refractivity (Wildman–Crippen MR) is 95.0 cm³/mol. The number of piperidine rings is 1. The molecule has 5 nitrogen and oxygen atoms in total. The van der Waals surface area contributed by atoms with Crippen LogP contribution >= 0.6 is 0 Å². The molecule has 24 heavy (non-hydrogen) atoms. The Hall–Kier alpha value is -2.43. The van der Waals surface area contributed by atoms with Gasteiger partial charge in [-0.1, -0.05) is 31.2 Å². The zero-order valence-electron chi connectivity index (χ0n) is 14.3. The minimum Gasteiger partial charge on any atom is -0.355 e. The van der Waals surface area contributed by atoms with Crippen LogP contribution < -0.4 is 10.2 Å². The number of nitrogens with zero attached hydrogens (tertiary/aromatic N) is 3. The minimum absolute atomic E-state index is 0.190. The summed E-state index contributed by atoms with van der Waals surface area (Å²) in [5, 5.41) is 2.91. The Bertz CT molecular complexity index is 691. The maximum absolute atomic E-state index is 12.2. The van der Waals surface area contributed by atoms with Gasteiger partial charge < -0.3 is 10.2 Å². The highest BCUT2D eigenvalue weighted by Crippen LogP contribution is 2.20. The number of nitrogens with one attached hydrogen (secondary N) is 1. The number of rotatable bonds is 4. The molecule has 2 heterocycles. The molecule has 1 saturated heterocycles. The summed E-state index contributed by atoms with van der Waals surface area (Å²) in [6.45, 7) is 6.84. The lowest BCUT2D eigenvalue weighted by molar-refractivity contribution is 0.0945. The van der Waals surface area contributed by atoms with Crippen molar-refractivity contribution in [2.75, 3.05) is 18.0 Å². The van der Waals surface area contributed by atoms with Crippen LogP contribution in [0.4, 0.5) is 5.82 Å². The number of carbonyl (C=O) groups is 1. The summed E-state index contributed by atoms with van der Waals surface area (Å²) in [7, 11) is 0. The van der Waals surface area contributed by atoms with Gasteiger partial charge in [-0.2, -0.15) is 0 Å². The summed E-state index contributed by atoms with van der Waals surface area (Å²) in [5.74, 6) is 1.45. The Kier molecular flexibility index (Phi) is 5.08. The highest BCUT2D eigenvalue weighted by atomic mass is 16.1. The van der Waals surface area contributed by atoms with Crippen LogP contribution in [0.15, 0.2) is 36.7 Å². The van der Waals surface area contributed by atoms with Gasteiger partial charge in [0.2, 0.25) is 0 Å². The number of anilines is 1. The van der Waals surface area contributed by atoms with Gasteiger partial charge in [0.1, 0.15) is 11.5 Å². The highest BCUT2D eigenvalue weighted by Gasteiger charge is 2.17. The van der Waals surface area contributed by atoms with Crippen LogP contribution in [-0.4, -0.2) is 29.0 Å². The van der Waals surface area contributed by atoms with Crippen molar-refractivity contribution in [3.8, 4) is 0 Å². The lowest BCUT2D eigenvalue weighted by Crippen LogP contribution is -2.33. The quantitative estimate of drug-likeness (QED) is 0.939. The van der Waals surface area contributed by atoms with Gasteiger partial charge in [0.15, 0.2) is 0 Å². The molecule has 0 aliphatic carbocycles. The van der Waals surface area contributed by atoms with Crippen LogP contribution in [0.3, 0.4) is 0 Å². The molecular weight excluding hydrogens is 300 g/mol. The molecule has 0 bridgehead atoms. The first-order chi connectivity index (χ1) is 11.6. The fourth-order valence-electron chi connectivity index (χ4n) is 2.91. The fourth-order valence-corrected chi connectivity index (χ4v) is 2.91. The second-order valence-corrected chi connectivity index (χ2v) is 6.54. The number of hydrogen-bond donors (Lipinski definition) is 1. The van der Waals surface area contributed by atoms with E-state index in [-0.39, 0.29) is 5.91 Å². The molecule has 2 aromatic rings. The Morgan fingerprint density at radius 2 is 1.96 bits per heavy atom. The van der Waals surface area contributed by atoms with Crippen LogP contribution in [0.2, 0.25) is 0 Å². The Morgan fingerprint density at radius 1 is 1.21 bits per heavy atom. The molecule has 1 aliphatic rings. The van der Waals surface area contributed by atoms with E-state index in [4.69, 9.17) is 0 Å². The zero-order valence-corrected chi connectivity index (χ0v) is 14.3. The molecule has 0 spiro atoms. The van der Waals surface area contributed by atoms with Gasteiger partial charge in [-0.25, -0.2) is 9.97 Å². The van der Waals surface area contributed by atoms with Gasteiger partial charge >= 0.3 is 0 Å². The third-order valence-corrected chi connectivity index (χ3v) is 4.68. The summed E-state index contributed by atoms with van der Waals surface area (Å²) in [6, 6.07) is 8.02. The number of aromatic nitrogens is 2. The van der Waals surface area contributed by atoms with Gasteiger partial charge in [0.25, 0.3) is 5.91 Å².